The van der Waals surface area contributed by atoms with Crippen molar-refractivity contribution in [3.63, 3.8) is 0 Å². The topological polar surface area (TPSA) is 55.7 Å². The van der Waals surface area contributed by atoms with E-state index in [1.54, 1.807) is 6.20 Å². The van der Waals surface area contributed by atoms with Gasteiger partial charge in [-0.2, -0.15) is 5.26 Å². The maximum atomic E-state index is 9.30. The molecule has 2 aromatic heterocycles. The summed E-state index contributed by atoms with van der Waals surface area (Å²) < 4.78 is 0. The molecule has 0 atom stereocenters. The third-order valence-electron chi connectivity index (χ3n) is 3.32. The first-order valence-corrected chi connectivity index (χ1v) is 6.02. The molecule has 17 heavy (non-hydrogen) atoms. The van der Waals surface area contributed by atoms with Gasteiger partial charge < -0.3 is 9.88 Å². The van der Waals surface area contributed by atoms with Gasteiger partial charge in [-0.25, -0.2) is 0 Å². The standard InChI is InChI=1S/C13H14N4/c14-9-10-12-11(5-4-6-15-12)16-13(10)17-7-2-1-3-8-17/h4-6,16H,1-3,7-8H2. The lowest BCUT2D eigenvalue weighted by Gasteiger charge is -2.27. The minimum atomic E-state index is 0.683. The summed E-state index contributed by atoms with van der Waals surface area (Å²) in [6.45, 7) is 2.06. The maximum Gasteiger partial charge on any atom is 0.126 e. The molecular formula is C13H14N4. The molecule has 1 fully saturated rings. The van der Waals surface area contributed by atoms with Gasteiger partial charge in [0.15, 0.2) is 0 Å². The second kappa shape index (κ2) is 4.10. The molecule has 0 aromatic carbocycles. The summed E-state index contributed by atoms with van der Waals surface area (Å²) in [6, 6.07) is 6.14. The predicted molar refractivity (Wildman–Crippen MR) is 66.9 cm³/mol. The smallest absolute Gasteiger partial charge is 0.126 e. The van der Waals surface area contributed by atoms with Crippen molar-refractivity contribution in [2.75, 3.05) is 18.0 Å². The van der Waals surface area contributed by atoms with Gasteiger partial charge in [0.25, 0.3) is 0 Å². The van der Waals surface area contributed by atoms with Crippen molar-refractivity contribution < 1.29 is 0 Å². The van der Waals surface area contributed by atoms with Crippen molar-refractivity contribution in [2.45, 2.75) is 19.3 Å². The lowest BCUT2D eigenvalue weighted by Crippen LogP contribution is -2.30. The van der Waals surface area contributed by atoms with E-state index in [0.717, 1.165) is 29.9 Å². The van der Waals surface area contributed by atoms with Crippen molar-refractivity contribution in [2.24, 2.45) is 0 Å². The van der Waals surface area contributed by atoms with Crippen LogP contribution in [0.15, 0.2) is 18.3 Å². The van der Waals surface area contributed by atoms with E-state index in [9.17, 15) is 5.26 Å². The van der Waals surface area contributed by atoms with Gasteiger partial charge in [-0.3, -0.25) is 4.98 Å². The van der Waals surface area contributed by atoms with E-state index in [1.807, 2.05) is 12.1 Å². The molecule has 4 heteroatoms. The molecule has 1 N–H and O–H groups in total. The lowest BCUT2D eigenvalue weighted by atomic mass is 10.1. The number of H-pyrrole nitrogens is 1. The van der Waals surface area contributed by atoms with Crippen LogP contribution >= 0.6 is 0 Å². The van der Waals surface area contributed by atoms with Crippen LogP contribution in [0.4, 0.5) is 5.82 Å². The molecule has 86 valence electrons. The Morgan fingerprint density at radius 1 is 1.29 bits per heavy atom. The minimum absolute atomic E-state index is 0.683. The third kappa shape index (κ3) is 1.64. The molecular weight excluding hydrogens is 212 g/mol. The van der Waals surface area contributed by atoms with Gasteiger partial charge in [-0.05, 0) is 31.4 Å². The summed E-state index contributed by atoms with van der Waals surface area (Å²) in [5, 5.41) is 9.30. The van der Waals surface area contributed by atoms with Gasteiger partial charge in [0.2, 0.25) is 0 Å². The molecule has 3 rings (SSSR count). The number of aromatic nitrogens is 2. The number of nitrogens with one attached hydrogen (secondary N) is 1. The molecule has 0 bridgehead atoms. The molecule has 0 amide bonds. The Morgan fingerprint density at radius 3 is 2.88 bits per heavy atom. The highest BCUT2D eigenvalue weighted by Gasteiger charge is 2.19. The molecule has 0 radical (unpaired) electrons. The Kier molecular flexibility index (Phi) is 2.45. The Hall–Kier alpha value is -2.02. The van der Waals surface area contributed by atoms with Crippen LogP contribution < -0.4 is 4.90 Å². The number of nitrogens with zero attached hydrogens (tertiary/aromatic N) is 3. The van der Waals surface area contributed by atoms with E-state index >= 15 is 0 Å². The number of fused-ring (bicyclic) bond motifs is 1. The number of hydrogen-bond donors (Lipinski definition) is 1. The highest BCUT2D eigenvalue weighted by atomic mass is 15.2. The second-order valence-electron chi connectivity index (χ2n) is 4.41. The Bertz CT molecular complexity index is 573. The molecule has 2 aromatic rings. The van der Waals surface area contributed by atoms with Crippen LogP contribution in [0.5, 0.6) is 0 Å². The summed E-state index contributed by atoms with van der Waals surface area (Å²) >= 11 is 0. The van der Waals surface area contributed by atoms with E-state index in [1.165, 1.54) is 19.3 Å². The normalized spacial score (nSPS) is 16.1. The number of aromatic amines is 1. The molecule has 1 aliphatic rings. The van der Waals surface area contributed by atoms with Crippen LogP contribution in [-0.4, -0.2) is 23.1 Å². The van der Waals surface area contributed by atoms with E-state index in [2.05, 4.69) is 20.9 Å². The molecule has 0 unspecified atom stereocenters. The number of rotatable bonds is 1. The van der Waals surface area contributed by atoms with Crippen molar-refractivity contribution >= 4 is 16.9 Å². The first kappa shape index (κ1) is 10.2. The van der Waals surface area contributed by atoms with Crippen molar-refractivity contribution in [3.8, 4) is 6.07 Å². The van der Waals surface area contributed by atoms with Gasteiger partial charge in [0, 0.05) is 19.3 Å². The summed E-state index contributed by atoms with van der Waals surface area (Å²) in [5.41, 5.74) is 2.42. The van der Waals surface area contributed by atoms with E-state index in [-0.39, 0.29) is 0 Å². The molecule has 1 aliphatic heterocycles. The summed E-state index contributed by atoms with van der Waals surface area (Å²) in [7, 11) is 0. The monoisotopic (exact) mass is 226 g/mol. The third-order valence-corrected chi connectivity index (χ3v) is 3.32. The van der Waals surface area contributed by atoms with E-state index in [0.29, 0.717) is 5.56 Å². The quantitative estimate of drug-likeness (QED) is 0.812. The first-order valence-electron chi connectivity index (χ1n) is 6.02. The summed E-state index contributed by atoms with van der Waals surface area (Å²) in [5.74, 6) is 0.945. The van der Waals surface area contributed by atoms with E-state index in [4.69, 9.17) is 0 Å². The lowest BCUT2D eigenvalue weighted by molar-refractivity contribution is 0.574. The number of anilines is 1. The maximum absolute atomic E-state index is 9.30. The SMILES string of the molecule is N#Cc1c(N2CCCCC2)[nH]c2cccnc12. The molecule has 0 aliphatic carbocycles. The van der Waals surface area contributed by atoms with Gasteiger partial charge in [0.1, 0.15) is 23.0 Å². The molecule has 4 nitrogen and oxygen atoms in total. The fraction of sp³-hybridized carbons (Fsp3) is 0.385. The van der Waals surface area contributed by atoms with Gasteiger partial charge >= 0.3 is 0 Å². The largest absolute Gasteiger partial charge is 0.357 e. The summed E-state index contributed by atoms with van der Waals surface area (Å²) in [6.07, 6.45) is 5.43. The van der Waals surface area contributed by atoms with Crippen molar-refractivity contribution in [1.82, 2.24) is 9.97 Å². The average molecular weight is 226 g/mol. The highest BCUT2D eigenvalue weighted by Crippen LogP contribution is 2.28. The predicted octanol–water partition coefficient (Wildman–Crippen LogP) is 2.42. The summed E-state index contributed by atoms with van der Waals surface area (Å²) in [4.78, 5) is 9.88. The fourth-order valence-electron chi connectivity index (χ4n) is 2.47. The molecule has 3 heterocycles. The first-order chi connectivity index (χ1) is 8.40. The van der Waals surface area contributed by atoms with Crippen LogP contribution in [0.2, 0.25) is 0 Å². The van der Waals surface area contributed by atoms with Gasteiger partial charge in [0.05, 0.1) is 5.52 Å². The van der Waals surface area contributed by atoms with Crippen LogP contribution in [0.3, 0.4) is 0 Å². The molecule has 1 saturated heterocycles. The average Bonchev–Trinajstić information content (AvgIpc) is 2.78. The molecule has 0 spiro atoms. The van der Waals surface area contributed by atoms with Crippen molar-refractivity contribution in [1.29, 1.82) is 5.26 Å². The van der Waals surface area contributed by atoms with Crippen LogP contribution in [0, 0.1) is 11.3 Å². The Balaban J connectivity index is 2.12. The number of nitriles is 1. The molecule has 0 saturated carbocycles. The van der Waals surface area contributed by atoms with Crippen LogP contribution in [0.25, 0.3) is 11.0 Å². The highest BCUT2D eigenvalue weighted by molar-refractivity contribution is 5.88. The second-order valence-corrected chi connectivity index (χ2v) is 4.41. The minimum Gasteiger partial charge on any atom is -0.357 e. The van der Waals surface area contributed by atoms with Gasteiger partial charge in [-0.15, -0.1) is 0 Å². The zero-order chi connectivity index (χ0) is 11.7. The van der Waals surface area contributed by atoms with Gasteiger partial charge in [-0.1, -0.05) is 0 Å². The Labute approximate surface area is 99.9 Å². The zero-order valence-corrected chi connectivity index (χ0v) is 9.61. The zero-order valence-electron chi connectivity index (χ0n) is 9.61. The van der Waals surface area contributed by atoms with E-state index < -0.39 is 0 Å². The Morgan fingerprint density at radius 2 is 2.12 bits per heavy atom. The number of pyridine rings is 1. The van der Waals surface area contributed by atoms with Crippen molar-refractivity contribution in [3.05, 3.63) is 23.9 Å². The van der Waals surface area contributed by atoms with Crippen LogP contribution in [0.1, 0.15) is 24.8 Å². The number of piperidine rings is 1. The number of hydrogen-bond acceptors (Lipinski definition) is 3. The van der Waals surface area contributed by atoms with Crippen LogP contribution in [-0.2, 0) is 0 Å². The fourth-order valence-corrected chi connectivity index (χ4v) is 2.47.